The van der Waals surface area contributed by atoms with Crippen molar-refractivity contribution in [2.45, 2.75) is 30.7 Å². The molecule has 88 valence electrons. The van der Waals surface area contributed by atoms with E-state index in [0.717, 1.165) is 6.42 Å². The number of rotatable bonds is 3. The molecular formula is C12H15F2NO. The van der Waals surface area contributed by atoms with Gasteiger partial charge in [-0.05, 0) is 31.4 Å². The Labute approximate surface area is 93.4 Å². The average molecular weight is 227 g/mol. The van der Waals surface area contributed by atoms with E-state index in [2.05, 4.69) is 0 Å². The molecule has 2 nitrogen and oxygen atoms in total. The Balaban J connectivity index is 2.34. The van der Waals surface area contributed by atoms with Crippen LogP contribution in [0.1, 0.15) is 24.8 Å². The molecule has 4 heteroatoms. The summed E-state index contributed by atoms with van der Waals surface area (Å²) in [5, 5.41) is 0. The highest BCUT2D eigenvalue weighted by Crippen LogP contribution is 2.48. The Morgan fingerprint density at radius 2 is 2.06 bits per heavy atom. The normalized spacial score (nSPS) is 19.0. The summed E-state index contributed by atoms with van der Waals surface area (Å²) in [7, 11) is 1.46. The van der Waals surface area contributed by atoms with Gasteiger partial charge in [-0.2, -0.15) is 8.78 Å². The van der Waals surface area contributed by atoms with Crippen LogP contribution in [0.4, 0.5) is 8.78 Å². The summed E-state index contributed by atoms with van der Waals surface area (Å²) >= 11 is 0. The van der Waals surface area contributed by atoms with E-state index in [9.17, 15) is 8.78 Å². The van der Waals surface area contributed by atoms with Crippen molar-refractivity contribution in [3.05, 3.63) is 29.8 Å². The zero-order valence-electron chi connectivity index (χ0n) is 9.17. The molecule has 0 radical (unpaired) electrons. The summed E-state index contributed by atoms with van der Waals surface area (Å²) in [4.78, 5) is 0. The number of hydrogen-bond acceptors (Lipinski definition) is 2. The minimum atomic E-state index is -2.99. The SMILES string of the molecule is COc1cccc(C(F)(F)C2(N)CCC2)c1. The van der Waals surface area contributed by atoms with Crippen molar-refractivity contribution in [1.82, 2.24) is 0 Å². The van der Waals surface area contributed by atoms with Crippen LogP contribution in [0.2, 0.25) is 0 Å². The summed E-state index contributed by atoms with van der Waals surface area (Å²) in [6.45, 7) is 0. The molecule has 1 aliphatic rings. The van der Waals surface area contributed by atoms with E-state index in [1.807, 2.05) is 0 Å². The van der Waals surface area contributed by atoms with Crippen molar-refractivity contribution in [1.29, 1.82) is 0 Å². The van der Waals surface area contributed by atoms with Gasteiger partial charge >= 0.3 is 0 Å². The fourth-order valence-corrected chi connectivity index (χ4v) is 1.98. The quantitative estimate of drug-likeness (QED) is 0.861. The number of nitrogens with two attached hydrogens (primary N) is 1. The molecule has 0 spiro atoms. The van der Waals surface area contributed by atoms with Crippen molar-refractivity contribution in [2.24, 2.45) is 5.73 Å². The first kappa shape index (κ1) is 11.3. The maximum absolute atomic E-state index is 14.1. The predicted octanol–water partition coefficient (Wildman–Crippen LogP) is 2.67. The van der Waals surface area contributed by atoms with Crippen molar-refractivity contribution in [3.8, 4) is 5.75 Å². The number of methoxy groups -OCH3 is 1. The van der Waals surface area contributed by atoms with Gasteiger partial charge in [-0.3, -0.25) is 0 Å². The van der Waals surface area contributed by atoms with E-state index in [4.69, 9.17) is 10.5 Å². The first-order chi connectivity index (χ1) is 7.49. The van der Waals surface area contributed by atoms with Gasteiger partial charge in [-0.25, -0.2) is 0 Å². The van der Waals surface area contributed by atoms with Gasteiger partial charge in [0.15, 0.2) is 0 Å². The number of ether oxygens (including phenoxy) is 1. The lowest BCUT2D eigenvalue weighted by molar-refractivity contribution is -0.113. The number of halogens is 2. The van der Waals surface area contributed by atoms with Crippen LogP contribution < -0.4 is 10.5 Å². The number of alkyl halides is 2. The molecule has 1 fully saturated rings. The van der Waals surface area contributed by atoms with Crippen molar-refractivity contribution in [3.63, 3.8) is 0 Å². The van der Waals surface area contributed by atoms with Gasteiger partial charge in [-0.1, -0.05) is 12.1 Å². The van der Waals surface area contributed by atoms with Crippen LogP contribution in [0.5, 0.6) is 5.75 Å². The maximum Gasteiger partial charge on any atom is 0.290 e. The minimum absolute atomic E-state index is 0.0611. The molecule has 0 saturated heterocycles. The second-order valence-electron chi connectivity index (χ2n) is 4.32. The molecule has 1 aromatic rings. The van der Waals surface area contributed by atoms with E-state index in [0.29, 0.717) is 18.6 Å². The third-order valence-corrected chi connectivity index (χ3v) is 3.30. The Morgan fingerprint density at radius 1 is 1.38 bits per heavy atom. The van der Waals surface area contributed by atoms with Gasteiger partial charge in [0.25, 0.3) is 5.92 Å². The highest BCUT2D eigenvalue weighted by atomic mass is 19.3. The summed E-state index contributed by atoms with van der Waals surface area (Å²) < 4.78 is 33.2. The summed E-state index contributed by atoms with van der Waals surface area (Å²) in [5.41, 5.74) is 4.28. The lowest BCUT2D eigenvalue weighted by atomic mass is 9.71. The lowest BCUT2D eigenvalue weighted by Gasteiger charge is -2.44. The van der Waals surface area contributed by atoms with Gasteiger partial charge in [0.1, 0.15) is 5.75 Å². The second-order valence-corrected chi connectivity index (χ2v) is 4.32. The Kier molecular flexibility index (Phi) is 2.62. The monoisotopic (exact) mass is 227 g/mol. The molecule has 0 aliphatic heterocycles. The summed E-state index contributed by atoms with van der Waals surface area (Å²) in [6.07, 6.45) is 1.52. The Hall–Kier alpha value is -1.16. The molecule has 0 bridgehead atoms. The fourth-order valence-electron chi connectivity index (χ4n) is 1.98. The molecule has 16 heavy (non-hydrogen) atoms. The van der Waals surface area contributed by atoms with Crippen molar-refractivity contribution >= 4 is 0 Å². The molecule has 2 N–H and O–H groups in total. The van der Waals surface area contributed by atoms with Crippen LogP contribution in [0.25, 0.3) is 0 Å². The van der Waals surface area contributed by atoms with Gasteiger partial charge < -0.3 is 10.5 Å². The third-order valence-electron chi connectivity index (χ3n) is 3.30. The van der Waals surface area contributed by atoms with Crippen LogP contribution in [0, 0.1) is 0 Å². The molecule has 1 aliphatic carbocycles. The molecule has 0 heterocycles. The van der Waals surface area contributed by atoms with Crippen LogP contribution in [0.3, 0.4) is 0 Å². The van der Waals surface area contributed by atoms with Gasteiger partial charge in [0, 0.05) is 5.56 Å². The number of hydrogen-bond donors (Lipinski definition) is 1. The largest absolute Gasteiger partial charge is 0.497 e. The molecule has 1 saturated carbocycles. The fraction of sp³-hybridized carbons (Fsp3) is 0.500. The zero-order chi connectivity index (χ0) is 11.8. The highest BCUT2D eigenvalue weighted by molar-refractivity contribution is 5.34. The number of benzene rings is 1. The second kappa shape index (κ2) is 3.70. The van der Waals surface area contributed by atoms with Crippen LogP contribution in [-0.4, -0.2) is 12.6 Å². The topological polar surface area (TPSA) is 35.2 Å². The lowest BCUT2D eigenvalue weighted by Crippen LogP contribution is -2.58. The van der Waals surface area contributed by atoms with Crippen molar-refractivity contribution in [2.75, 3.05) is 7.11 Å². The standard InChI is InChI=1S/C12H15F2NO/c1-16-10-5-2-4-9(8-10)12(13,14)11(15)6-3-7-11/h2,4-5,8H,3,6-7,15H2,1H3. The molecule has 0 amide bonds. The van der Waals surface area contributed by atoms with Crippen molar-refractivity contribution < 1.29 is 13.5 Å². The summed E-state index contributed by atoms with van der Waals surface area (Å²) in [5.74, 6) is -2.56. The highest BCUT2D eigenvalue weighted by Gasteiger charge is 2.55. The van der Waals surface area contributed by atoms with E-state index in [-0.39, 0.29) is 5.56 Å². The van der Waals surface area contributed by atoms with E-state index < -0.39 is 11.5 Å². The van der Waals surface area contributed by atoms with Gasteiger partial charge in [0.05, 0.1) is 12.6 Å². The average Bonchev–Trinajstić information content (AvgIpc) is 2.25. The predicted molar refractivity (Wildman–Crippen MR) is 57.7 cm³/mol. The van der Waals surface area contributed by atoms with Crippen LogP contribution >= 0.6 is 0 Å². The molecule has 2 rings (SSSR count). The first-order valence-corrected chi connectivity index (χ1v) is 5.31. The smallest absolute Gasteiger partial charge is 0.290 e. The first-order valence-electron chi connectivity index (χ1n) is 5.31. The Bertz CT molecular complexity index is 388. The third kappa shape index (κ3) is 1.57. The molecule has 1 aromatic carbocycles. The molecule has 0 aromatic heterocycles. The van der Waals surface area contributed by atoms with E-state index in [1.165, 1.54) is 19.2 Å². The van der Waals surface area contributed by atoms with Gasteiger partial charge in [-0.15, -0.1) is 0 Å². The zero-order valence-corrected chi connectivity index (χ0v) is 9.17. The summed E-state index contributed by atoms with van der Waals surface area (Å²) in [6, 6.07) is 5.95. The Morgan fingerprint density at radius 3 is 2.56 bits per heavy atom. The minimum Gasteiger partial charge on any atom is -0.497 e. The van der Waals surface area contributed by atoms with E-state index >= 15 is 0 Å². The molecule has 0 atom stereocenters. The van der Waals surface area contributed by atoms with Crippen LogP contribution in [0.15, 0.2) is 24.3 Å². The molecule has 0 unspecified atom stereocenters. The van der Waals surface area contributed by atoms with Gasteiger partial charge in [0.2, 0.25) is 0 Å². The maximum atomic E-state index is 14.1. The van der Waals surface area contributed by atoms with E-state index in [1.54, 1.807) is 12.1 Å². The van der Waals surface area contributed by atoms with Crippen LogP contribution in [-0.2, 0) is 5.92 Å². The molecular weight excluding hydrogens is 212 g/mol.